The molecule has 140 valence electrons. The predicted molar refractivity (Wildman–Crippen MR) is 103 cm³/mol. The molecule has 0 radical (unpaired) electrons. The van der Waals surface area contributed by atoms with Gasteiger partial charge in [0.25, 0.3) is 0 Å². The van der Waals surface area contributed by atoms with Crippen LogP contribution in [0.15, 0.2) is 48.5 Å². The summed E-state index contributed by atoms with van der Waals surface area (Å²) in [6, 6.07) is 14.2. The van der Waals surface area contributed by atoms with Crippen molar-refractivity contribution < 1.29 is 13.9 Å². The van der Waals surface area contributed by atoms with Gasteiger partial charge in [-0.2, -0.15) is 0 Å². The van der Waals surface area contributed by atoms with Crippen molar-refractivity contribution in [2.75, 3.05) is 13.1 Å². The van der Waals surface area contributed by atoms with Gasteiger partial charge < -0.3 is 9.64 Å². The number of ether oxygens (including phenoxy) is 1. The van der Waals surface area contributed by atoms with Gasteiger partial charge in [-0.15, -0.1) is 0 Å². The van der Waals surface area contributed by atoms with Gasteiger partial charge in [-0.3, -0.25) is 4.79 Å². The fraction of sp³-hybridized carbons (Fsp3) is 0.409. The van der Waals surface area contributed by atoms with Crippen LogP contribution in [0.3, 0.4) is 0 Å². The normalized spacial score (nSPS) is 12.1. The highest BCUT2D eigenvalue weighted by Crippen LogP contribution is 2.30. The molecule has 26 heavy (non-hydrogen) atoms. The van der Waals surface area contributed by atoms with Gasteiger partial charge >= 0.3 is 0 Å². The second-order valence-corrected chi connectivity index (χ2v) is 6.61. The number of benzene rings is 2. The van der Waals surface area contributed by atoms with Crippen LogP contribution in [-0.4, -0.2) is 30.0 Å². The number of amides is 1. The van der Waals surface area contributed by atoms with Gasteiger partial charge in [-0.05, 0) is 63.1 Å². The molecule has 0 saturated carbocycles. The molecule has 0 aliphatic rings. The Bertz CT molecular complexity index is 691. The molecule has 0 bridgehead atoms. The van der Waals surface area contributed by atoms with Crippen LogP contribution in [-0.2, 0) is 4.79 Å². The largest absolute Gasteiger partial charge is 0.491 e. The van der Waals surface area contributed by atoms with E-state index >= 15 is 0 Å². The van der Waals surface area contributed by atoms with E-state index in [1.165, 1.54) is 12.1 Å². The van der Waals surface area contributed by atoms with Gasteiger partial charge in [0.2, 0.25) is 5.91 Å². The van der Waals surface area contributed by atoms with Crippen LogP contribution in [0.5, 0.6) is 5.75 Å². The molecule has 2 rings (SSSR count). The molecule has 0 aliphatic carbocycles. The highest BCUT2D eigenvalue weighted by Gasteiger charge is 2.21. The van der Waals surface area contributed by atoms with Crippen molar-refractivity contribution in [2.24, 2.45) is 0 Å². The first-order chi connectivity index (χ1) is 12.4. The fourth-order valence-corrected chi connectivity index (χ4v) is 3.05. The molecule has 0 saturated heterocycles. The third kappa shape index (κ3) is 5.32. The molecule has 0 unspecified atom stereocenters. The summed E-state index contributed by atoms with van der Waals surface area (Å²) in [5.41, 5.74) is 1.96. The Kier molecular flexibility index (Phi) is 7.19. The molecule has 0 N–H and O–H groups in total. The summed E-state index contributed by atoms with van der Waals surface area (Å²) in [5.74, 6) is 0.517. The standard InChI is InChI=1S/C22H28FNO2/c1-5-24(6-2)22(25)15-21(17-7-11-19(23)12-8-17)18-9-13-20(14-10-18)26-16(3)4/h7-14,16,21H,5-6,15H2,1-4H3/t21-/m1/s1. The molecule has 3 nitrogen and oxygen atoms in total. The number of nitrogens with zero attached hydrogens (tertiary/aromatic N) is 1. The van der Waals surface area contributed by atoms with E-state index in [4.69, 9.17) is 4.74 Å². The molecule has 0 spiro atoms. The van der Waals surface area contributed by atoms with Gasteiger partial charge in [0.05, 0.1) is 6.10 Å². The number of halogens is 1. The molecule has 0 aromatic heterocycles. The van der Waals surface area contributed by atoms with Gasteiger partial charge in [-0.25, -0.2) is 4.39 Å². The Balaban J connectivity index is 2.30. The zero-order chi connectivity index (χ0) is 19.1. The van der Waals surface area contributed by atoms with Crippen LogP contribution in [0.4, 0.5) is 4.39 Å². The zero-order valence-corrected chi connectivity index (χ0v) is 16.0. The lowest BCUT2D eigenvalue weighted by molar-refractivity contribution is -0.131. The first-order valence-electron chi connectivity index (χ1n) is 9.24. The zero-order valence-electron chi connectivity index (χ0n) is 16.0. The van der Waals surface area contributed by atoms with E-state index in [1.807, 2.05) is 56.9 Å². The molecule has 4 heteroatoms. The van der Waals surface area contributed by atoms with Crippen LogP contribution >= 0.6 is 0 Å². The van der Waals surface area contributed by atoms with E-state index in [2.05, 4.69) is 0 Å². The van der Waals surface area contributed by atoms with Crippen LogP contribution in [0.25, 0.3) is 0 Å². The van der Waals surface area contributed by atoms with Gasteiger partial charge in [0.15, 0.2) is 0 Å². The number of rotatable bonds is 8. The average Bonchev–Trinajstić information content (AvgIpc) is 2.62. The van der Waals surface area contributed by atoms with Crippen molar-refractivity contribution in [1.82, 2.24) is 4.90 Å². The molecule has 1 amide bonds. The number of hydrogen-bond acceptors (Lipinski definition) is 2. The van der Waals surface area contributed by atoms with Gasteiger partial charge in [0, 0.05) is 25.4 Å². The topological polar surface area (TPSA) is 29.5 Å². The molecule has 1 atom stereocenters. The van der Waals surface area contributed by atoms with Crippen LogP contribution < -0.4 is 4.74 Å². The SMILES string of the molecule is CCN(CC)C(=O)C[C@H](c1ccc(F)cc1)c1ccc(OC(C)C)cc1. The lowest BCUT2D eigenvalue weighted by Crippen LogP contribution is -2.31. The van der Waals surface area contributed by atoms with Crippen molar-refractivity contribution in [2.45, 2.75) is 46.1 Å². The smallest absolute Gasteiger partial charge is 0.223 e. The second kappa shape index (κ2) is 9.37. The van der Waals surface area contributed by atoms with E-state index in [1.54, 1.807) is 12.1 Å². The average molecular weight is 357 g/mol. The summed E-state index contributed by atoms with van der Waals surface area (Å²) in [6.07, 6.45) is 0.468. The monoisotopic (exact) mass is 357 g/mol. The summed E-state index contributed by atoms with van der Waals surface area (Å²) >= 11 is 0. The van der Waals surface area contributed by atoms with Crippen molar-refractivity contribution in [3.63, 3.8) is 0 Å². The maximum atomic E-state index is 13.3. The van der Waals surface area contributed by atoms with Crippen molar-refractivity contribution in [3.05, 3.63) is 65.5 Å². The van der Waals surface area contributed by atoms with Crippen molar-refractivity contribution in [3.8, 4) is 5.75 Å². The lowest BCUT2D eigenvalue weighted by Gasteiger charge is -2.24. The highest BCUT2D eigenvalue weighted by molar-refractivity contribution is 5.77. The quantitative estimate of drug-likeness (QED) is 0.665. The van der Waals surface area contributed by atoms with E-state index in [0.29, 0.717) is 19.5 Å². The molecular weight excluding hydrogens is 329 g/mol. The first kappa shape index (κ1) is 20.0. The predicted octanol–water partition coefficient (Wildman–Crippen LogP) is 5.00. The third-order valence-corrected chi connectivity index (χ3v) is 4.42. The van der Waals surface area contributed by atoms with Crippen LogP contribution in [0.1, 0.15) is 51.2 Å². The Morgan fingerprint density at radius 1 is 0.962 bits per heavy atom. The maximum Gasteiger partial charge on any atom is 0.223 e. The van der Waals surface area contributed by atoms with E-state index in [0.717, 1.165) is 16.9 Å². The second-order valence-electron chi connectivity index (χ2n) is 6.61. The Morgan fingerprint density at radius 3 is 1.92 bits per heavy atom. The number of hydrogen-bond donors (Lipinski definition) is 0. The van der Waals surface area contributed by atoms with Gasteiger partial charge in [0.1, 0.15) is 11.6 Å². The number of carbonyl (C=O) groups excluding carboxylic acids is 1. The highest BCUT2D eigenvalue weighted by atomic mass is 19.1. The number of carbonyl (C=O) groups is 1. The molecule has 0 heterocycles. The van der Waals surface area contributed by atoms with Crippen LogP contribution in [0, 0.1) is 5.82 Å². The minimum Gasteiger partial charge on any atom is -0.491 e. The minimum atomic E-state index is -0.275. The summed E-state index contributed by atoms with van der Waals surface area (Å²) in [4.78, 5) is 14.5. The van der Waals surface area contributed by atoms with E-state index < -0.39 is 0 Å². The van der Waals surface area contributed by atoms with Gasteiger partial charge in [-0.1, -0.05) is 24.3 Å². The summed E-state index contributed by atoms with van der Waals surface area (Å²) < 4.78 is 19.0. The molecule has 0 fully saturated rings. The Hall–Kier alpha value is -2.36. The maximum absolute atomic E-state index is 13.3. The molecular formula is C22H28FNO2. The Labute approximate surface area is 155 Å². The van der Waals surface area contributed by atoms with E-state index in [9.17, 15) is 9.18 Å². The molecule has 2 aromatic carbocycles. The molecule has 2 aromatic rings. The van der Waals surface area contributed by atoms with Crippen molar-refractivity contribution >= 4 is 5.91 Å². The fourth-order valence-electron chi connectivity index (χ4n) is 3.05. The lowest BCUT2D eigenvalue weighted by atomic mass is 9.88. The van der Waals surface area contributed by atoms with E-state index in [-0.39, 0.29) is 23.7 Å². The Morgan fingerprint density at radius 2 is 1.46 bits per heavy atom. The summed E-state index contributed by atoms with van der Waals surface area (Å²) in [6.45, 7) is 9.30. The van der Waals surface area contributed by atoms with Crippen LogP contribution in [0.2, 0.25) is 0 Å². The first-order valence-corrected chi connectivity index (χ1v) is 9.24. The third-order valence-electron chi connectivity index (χ3n) is 4.42. The summed E-state index contributed by atoms with van der Waals surface area (Å²) in [7, 11) is 0. The van der Waals surface area contributed by atoms with Crippen molar-refractivity contribution in [1.29, 1.82) is 0 Å². The minimum absolute atomic E-state index is 0.104. The molecule has 0 aliphatic heterocycles. The summed E-state index contributed by atoms with van der Waals surface area (Å²) in [5, 5.41) is 0.